The van der Waals surface area contributed by atoms with Crippen molar-refractivity contribution in [3.63, 3.8) is 0 Å². The standard InChI is InChI=1S/C10H12BrClN2O3S/c1-13-10(15)4-5-14-18(16,17)7-2-3-9(12)8(11)6-7/h2-3,6,14H,4-5H2,1H3,(H,13,15). The molecule has 0 radical (unpaired) electrons. The van der Waals surface area contributed by atoms with E-state index in [0.29, 0.717) is 9.50 Å². The number of sulfonamides is 1. The Bertz CT molecular complexity index is 548. The quantitative estimate of drug-likeness (QED) is 0.841. The summed E-state index contributed by atoms with van der Waals surface area (Å²) < 4.78 is 26.6. The van der Waals surface area contributed by atoms with E-state index in [-0.39, 0.29) is 23.8 Å². The van der Waals surface area contributed by atoms with E-state index in [2.05, 4.69) is 26.0 Å². The predicted molar refractivity (Wildman–Crippen MR) is 73.0 cm³/mol. The fraction of sp³-hybridized carbons (Fsp3) is 0.300. The lowest BCUT2D eigenvalue weighted by Gasteiger charge is -2.07. The molecule has 0 unspecified atom stereocenters. The molecule has 0 aliphatic rings. The lowest BCUT2D eigenvalue weighted by atomic mass is 10.4. The fourth-order valence-electron chi connectivity index (χ4n) is 1.15. The highest BCUT2D eigenvalue weighted by Gasteiger charge is 2.15. The van der Waals surface area contributed by atoms with Crippen LogP contribution >= 0.6 is 27.5 Å². The summed E-state index contributed by atoms with van der Waals surface area (Å²) >= 11 is 8.93. The number of rotatable bonds is 5. The molecule has 18 heavy (non-hydrogen) atoms. The largest absolute Gasteiger partial charge is 0.359 e. The fourth-order valence-corrected chi connectivity index (χ4v) is 2.86. The number of carbonyl (C=O) groups excluding carboxylic acids is 1. The summed E-state index contributed by atoms with van der Waals surface area (Å²) in [6.07, 6.45) is 0.0878. The van der Waals surface area contributed by atoms with E-state index in [9.17, 15) is 13.2 Å². The van der Waals surface area contributed by atoms with Gasteiger partial charge in [-0.15, -0.1) is 0 Å². The first-order chi connectivity index (χ1) is 8.36. The predicted octanol–water partition coefficient (Wildman–Crippen LogP) is 1.52. The second kappa shape index (κ2) is 6.51. The average Bonchev–Trinajstić information content (AvgIpc) is 2.32. The first kappa shape index (κ1) is 15.4. The van der Waals surface area contributed by atoms with Gasteiger partial charge in [-0.25, -0.2) is 13.1 Å². The molecule has 100 valence electrons. The Hall–Kier alpha value is -0.630. The van der Waals surface area contributed by atoms with Gasteiger partial charge in [-0.2, -0.15) is 0 Å². The van der Waals surface area contributed by atoms with Crippen LogP contribution in [-0.4, -0.2) is 27.9 Å². The number of hydrogen-bond donors (Lipinski definition) is 2. The molecule has 0 heterocycles. The number of carbonyl (C=O) groups is 1. The van der Waals surface area contributed by atoms with E-state index in [1.165, 1.54) is 25.2 Å². The number of halogens is 2. The molecule has 0 aromatic heterocycles. The molecule has 0 fully saturated rings. The molecule has 0 saturated carbocycles. The second-order valence-electron chi connectivity index (χ2n) is 3.40. The molecule has 0 spiro atoms. The van der Waals surface area contributed by atoms with Crippen LogP contribution in [-0.2, 0) is 14.8 Å². The minimum atomic E-state index is -3.62. The Morgan fingerprint density at radius 2 is 2.11 bits per heavy atom. The maximum atomic E-state index is 11.9. The van der Waals surface area contributed by atoms with E-state index < -0.39 is 10.0 Å². The average molecular weight is 356 g/mol. The molecule has 5 nitrogen and oxygen atoms in total. The summed E-state index contributed by atoms with van der Waals surface area (Å²) in [7, 11) is -2.13. The van der Waals surface area contributed by atoms with E-state index in [1.807, 2.05) is 0 Å². The van der Waals surface area contributed by atoms with Crippen LogP contribution in [0.15, 0.2) is 27.6 Å². The SMILES string of the molecule is CNC(=O)CCNS(=O)(=O)c1ccc(Cl)c(Br)c1. The van der Waals surface area contributed by atoms with Gasteiger partial charge in [0.15, 0.2) is 0 Å². The summed E-state index contributed by atoms with van der Waals surface area (Å²) in [5, 5.41) is 2.84. The van der Waals surface area contributed by atoms with Crippen LogP contribution in [0, 0.1) is 0 Å². The number of benzene rings is 1. The topological polar surface area (TPSA) is 75.3 Å². The van der Waals surface area contributed by atoms with Crippen LogP contribution in [0.3, 0.4) is 0 Å². The second-order valence-corrected chi connectivity index (χ2v) is 6.43. The van der Waals surface area contributed by atoms with Gasteiger partial charge in [-0.1, -0.05) is 11.6 Å². The van der Waals surface area contributed by atoms with Crippen molar-refractivity contribution >= 4 is 43.5 Å². The zero-order valence-corrected chi connectivity index (χ0v) is 12.7. The summed E-state index contributed by atoms with van der Waals surface area (Å²) in [6.45, 7) is 0.0439. The molecule has 8 heteroatoms. The normalized spacial score (nSPS) is 11.3. The van der Waals surface area contributed by atoms with Crippen molar-refractivity contribution in [3.05, 3.63) is 27.7 Å². The smallest absolute Gasteiger partial charge is 0.240 e. The Kier molecular flexibility index (Phi) is 5.58. The van der Waals surface area contributed by atoms with Crippen LogP contribution in [0.25, 0.3) is 0 Å². The highest BCUT2D eigenvalue weighted by molar-refractivity contribution is 9.10. The maximum absolute atomic E-state index is 11.9. The molecule has 0 saturated heterocycles. The van der Waals surface area contributed by atoms with Crippen LogP contribution in [0.5, 0.6) is 0 Å². The van der Waals surface area contributed by atoms with Crippen LogP contribution in [0.1, 0.15) is 6.42 Å². The number of amides is 1. The van der Waals surface area contributed by atoms with Crippen molar-refractivity contribution in [1.82, 2.24) is 10.0 Å². The Morgan fingerprint density at radius 3 is 2.67 bits per heavy atom. The molecule has 1 amide bonds. The van der Waals surface area contributed by atoms with E-state index >= 15 is 0 Å². The van der Waals surface area contributed by atoms with Crippen molar-refractivity contribution in [2.45, 2.75) is 11.3 Å². The summed E-state index contributed by atoms with van der Waals surface area (Å²) in [4.78, 5) is 11.1. The maximum Gasteiger partial charge on any atom is 0.240 e. The van der Waals surface area contributed by atoms with Gasteiger partial charge < -0.3 is 5.32 Å². The molecule has 1 rings (SSSR count). The molecule has 0 aliphatic carbocycles. The Balaban J connectivity index is 2.74. The third-order valence-electron chi connectivity index (χ3n) is 2.12. The van der Waals surface area contributed by atoms with Crippen molar-refractivity contribution in [3.8, 4) is 0 Å². The molecule has 0 bridgehead atoms. The third kappa shape index (κ3) is 4.24. The molecule has 1 aromatic carbocycles. The zero-order valence-electron chi connectivity index (χ0n) is 9.54. The van der Waals surface area contributed by atoms with E-state index in [0.717, 1.165) is 0 Å². The van der Waals surface area contributed by atoms with Gasteiger partial charge in [0.25, 0.3) is 0 Å². The zero-order chi connectivity index (χ0) is 13.8. The van der Waals surface area contributed by atoms with Gasteiger partial charge in [-0.3, -0.25) is 4.79 Å². The van der Waals surface area contributed by atoms with E-state index in [4.69, 9.17) is 11.6 Å². The summed E-state index contributed by atoms with van der Waals surface area (Å²) in [5.41, 5.74) is 0. The van der Waals surface area contributed by atoms with Gasteiger partial charge in [0, 0.05) is 24.5 Å². The van der Waals surface area contributed by atoms with Gasteiger partial charge in [0.05, 0.1) is 9.92 Å². The minimum Gasteiger partial charge on any atom is -0.359 e. The van der Waals surface area contributed by atoms with Crippen molar-refractivity contribution < 1.29 is 13.2 Å². The minimum absolute atomic E-state index is 0.0439. The van der Waals surface area contributed by atoms with Crippen LogP contribution in [0.4, 0.5) is 0 Å². The van der Waals surface area contributed by atoms with Crippen LogP contribution in [0.2, 0.25) is 5.02 Å². The third-order valence-corrected chi connectivity index (χ3v) is 4.80. The Morgan fingerprint density at radius 1 is 1.44 bits per heavy atom. The first-order valence-corrected chi connectivity index (χ1v) is 7.67. The Labute approximate surface area is 119 Å². The summed E-state index contributed by atoms with van der Waals surface area (Å²) in [6, 6.07) is 4.29. The molecular formula is C10H12BrClN2O3S. The van der Waals surface area contributed by atoms with Crippen molar-refractivity contribution in [2.24, 2.45) is 0 Å². The lowest BCUT2D eigenvalue weighted by molar-refractivity contribution is -0.120. The van der Waals surface area contributed by atoms with Gasteiger partial charge in [0.1, 0.15) is 0 Å². The monoisotopic (exact) mass is 354 g/mol. The summed E-state index contributed by atoms with van der Waals surface area (Å²) in [5.74, 6) is -0.227. The van der Waals surface area contributed by atoms with Crippen molar-refractivity contribution in [2.75, 3.05) is 13.6 Å². The van der Waals surface area contributed by atoms with Crippen molar-refractivity contribution in [1.29, 1.82) is 0 Å². The molecular weight excluding hydrogens is 344 g/mol. The highest BCUT2D eigenvalue weighted by atomic mass is 79.9. The van der Waals surface area contributed by atoms with Gasteiger partial charge in [0.2, 0.25) is 15.9 Å². The molecule has 1 aromatic rings. The van der Waals surface area contributed by atoms with Gasteiger partial charge >= 0.3 is 0 Å². The van der Waals surface area contributed by atoms with E-state index in [1.54, 1.807) is 0 Å². The molecule has 0 aliphatic heterocycles. The van der Waals surface area contributed by atoms with Crippen LogP contribution < -0.4 is 10.0 Å². The first-order valence-electron chi connectivity index (χ1n) is 5.02. The lowest BCUT2D eigenvalue weighted by Crippen LogP contribution is -2.29. The molecule has 2 N–H and O–H groups in total. The number of hydrogen-bond acceptors (Lipinski definition) is 3. The van der Waals surface area contributed by atoms with Gasteiger partial charge in [-0.05, 0) is 34.1 Å². The highest BCUT2D eigenvalue weighted by Crippen LogP contribution is 2.25. The molecule has 0 atom stereocenters. The number of nitrogens with one attached hydrogen (secondary N) is 2.